The van der Waals surface area contributed by atoms with Crippen molar-refractivity contribution in [2.75, 3.05) is 7.05 Å². The number of hydrogen-bond donors (Lipinski definition) is 1. The van der Waals surface area contributed by atoms with Crippen LogP contribution < -0.4 is 5.73 Å². The Kier molecular flexibility index (Phi) is 4.86. The van der Waals surface area contributed by atoms with E-state index in [0.29, 0.717) is 0 Å². The minimum atomic E-state index is -0.0234. The molecule has 2 aromatic rings. The maximum absolute atomic E-state index is 6.13. The van der Waals surface area contributed by atoms with Crippen molar-refractivity contribution in [3.63, 3.8) is 0 Å². The van der Waals surface area contributed by atoms with Crippen LogP contribution in [-0.2, 0) is 6.54 Å². The second kappa shape index (κ2) is 6.44. The summed E-state index contributed by atoms with van der Waals surface area (Å²) in [5.41, 5.74) is 7.30. The van der Waals surface area contributed by atoms with Crippen LogP contribution in [0.4, 0.5) is 0 Å². The van der Waals surface area contributed by atoms with Crippen LogP contribution in [0.2, 0.25) is 5.02 Å². The van der Waals surface area contributed by atoms with E-state index in [4.69, 9.17) is 21.8 Å². The van der Waals surface area contributed by atoms with Crippen LogP contribution in [0.25, 0.3) is 0 Å². The van der Waals surface area contributed by atoms with Gasteiger partial charge in [-0.15, -0.1) is 0 Å². The second-order valence-electron chi connectivity index (χ2n) is 5.30. The lowest BCUT2D eigenvalue weighted by molar-refractivity contribution is 0.182. The SMILES string of the molecule is Cc1ccc(C(C(C)N)N(C)Cc2cccc(Cl)c2)o1. The lowest BCUT2D eigenvalue weighted by Gasteiger charge is -2.29. The van der Waals surface area contributed by atoms with Gasteiger partial charge in [0.25, 0.3) is 0 Å². The molecule has 1 aromatic carbocycles. The average molecular weight is 293 g/mol. The summed E-state index contributed by atoms with van der Waals surface area (Å²) in [7, 11) is 2.05. The third-order valence-corrected chi connectivity index (χ3v) is 3.58. The van der Waals surface area contributed by atoms with E-state index < -0.39 is 0 Å². The summed E-state index contributed by atoms with van der Waals surface area (Å²) in [6, 6.07) is 11.9. The Morgan fingerprint density at radius 2 is 2.05 bits per heavy atom. The van der Waals surface area contributed by atoms with Gasteiger partial charge in [-0.2, -0.15) is 0 Å². The molecule has 4 heteroatoms. The van der Waals surface area contributed by atoms with E-state index in [2.05, 4.69) is 11.0 Å². The number of furan rings is 1. The van der Waals surface area contributed by atoms with Crippen molar-refractivity contribution in [1.29, 1.82) is 0 Å². The molecule has 0 radical (unpaired) electrons. The third kappa shape index (κ3) is 3.63. The minimum Gasteiger partial charge on any atom is -0.465 e. The summed E-state index contributed by atoms with van der Waals surface area (Å²) >= 11 is 6.03. The molecule has 0 aliphatic heterocycles. The first-order valence-electron chi connectivity index (χ1n) is 6.74. The number of likely N-dealkylation sites (N-methyl/N-ethyl adjacent to an activating group) is 1. The van der Waals surface area contributed by atoms with Crippen LogP contribution in [0.5, 0.6) is 0 Å². The molecule has 3 nitrogen and oxygen atoms in total. The smallest absolute Gasteiger partial charge is 0.122 e. The van der Waals surface area contributed by atoms with E-state index in [9.17, 15) is 0 Å². The number of nitrogens with two attached hydrogens (primary N) is 1. The van der Waals surface area contributed by atoms with Gasteiger partial charge in [0.2, 0.25) is 0 Å². The molecule has 0 saturated carbocycles. The first-order valence-corrected chi connectivity index (χ1v) is 7.12. The number of rotatable bonds is 5. The monoisotopic (exact) mass is 292 g/mol. The Bertz CT molecular complexity index is 565. The highest BCUT2D eigenvalue weighted by Crippen LogP contribution is 2.26. The van der Waals surface area contributed by atoms with E-state index in [1.807, 2.05) is 51.2 Å². The van der Waals surface area contributed by atoms with Crippen molar-refractivity contribution < 1.29 is 4.42 Å². The summed E-state index contributed by atoms with van der Waals surface area (Å²) < 4.78 is 5.74. The predicted octanol–water partition coefficient (Wildman–Crippen LogP) is 3.76. The molecular formula is C16H21ClN2O. The van der Waals surface area contributed by atoms with E-state index in [0.717, 1.165) is 28.7 Å². The van der Waals surface area contributed by atoms with Crippen molar-refractivity contribution in [3.05, 3.63) is 58.5 Å². The van der Waals surface area contributed by atoms with E-state index in [-0.39, 0.29) is 12.1 Å². The Hall–Kier alpha value is -1.29. The van der Waals surface area contributed by atoms with Crippen LogP contribution in [0.1, 0.15) is 30.0 Å². The molecule has 2 unspecified atom stereocenters. The quantitative estimate of drug-likeness (QED) is 0.912. The van der Waals surface area contributed by atoms with Gasteiger partial charge in [-0.25, -0.2) is 0 Å². The zero-order valence-corrected chi connectivity index (χ0v) is 12.9. The first kappa shape index (κ1) is 15.1. The minimum absolute atomic E-state index is 0.0234. The molecule has 0 fully saturated rings. The molecule has 1 aromatic heterocycles. The molecule has 0 bridgehead atoms. The van der Waals surface area contributed by atoms with Crippen molar-refractivity contribution in [1.82, 2.24) is 4.90 Å². The van der Waals surface area contributed by atoms with E-state index >= 15 is 0 Å². The van der Waals surface area contributed by atoms with Crippen molar-refractivity contribution >= 4 is 11.6 Å². The lowest BCUT2D eigenvalue weighted by Crippen LogP contribution is -2.36. The zero-order chi connectivity index (χ0) is 14.7. The largest absolute Gasteiger partial charge is 0.465 e. The van der Waals surface area contributed by atoms with Gasteiger partial charge in [0.1, 0.15) is 11.5 Å². The molecule has 0 spiro atoms. The van der Waals surface area contributed by atoms with Crippen molar-refractivity contribution in [2.24, 2.45) is 5.73 Å². The van der Waals surface area contributed by atoms with Crippen LogP contribution in [0.15, 0.2) is 40.8 Å². The highest BCUT2D eigenvalue weighted by Gasteiger charge is 2.24. The van der Waals surface area contributed by atoms with Crippen LogP contribution in [0, 0.1) is 6.92 Å². The highest BCUT2D eigenvalue weighted by atomic mass is 35.5. The molecule has 2 atom stereocenters. The summed E-state index contributed by atoms with van der Waals surface area (Å²) in [5, 5.41) is 0.752. The molecule has 0 amide bonds. The van der Waals surface area contributed by atoms with Gasteiger partial charge in [-0.1, -0.05) is 23.7 Å². The molecule has 1 heterocycles. The second-order valence-corrected chi connectivity index (χ2v) is 5.73. The normalized spacial score (nSPS) is 14.5. The summed E-state index contributed by atoms with van der Waals surface area (Å²) in [4.78, 5) is 2.19. The number of halogens is 1. The molecule has 0 aliphatic carbocycles. The number of hydrogen-bond acceptors (Lipinski definition) is 3. The topological polar surface area (TPSA) is 42.4 Å². The number of nitrogens with zero attached hydrogens (tertiary/aromatic N) is 1. The zero-order valence-electron chi connectivity index (χ0n) is 12.1. The fourth-order valence-electron chi connectivity index (χ4n) is 2.51. The standard InChI is InChI=1S/C16H21ClN2O/c1-11-7-8-15(20-11)16(12(2)18)19(3)10-13-5-4-6-14(17)9-13/h4-9,12,16H,10,18H2,1-3H3. The van der Waals surface area contributed by atoms with Gasteiger partial charge in [0.15, 0.2) is 0 Å². The summed E-state index contributed by atoms with van der Waals surface area (Å²) in [6.45, 7) is 4.71. The lowest BCUT2D eigenvalue weighted by atomic mass is 10.1. The Labute approximate surface area is 125 Å². The number of aryl methyl sites for hydroxylation is 1. The first-order chi connectivity index (χ1) is 9.47. The maximum Gasteiger partial charge on any atom is 0.122 e. The molecule has 2 N–H and O–H groups in total. The number of benzene rings is 1. The Morgan fingerprint density at radius 1 is 1.30 bits per heavy atom. The maximum atomic E-state index is 6.13. The van der Waals surface area contributed by atoms with Crippen LogP contribution >= 0.6 is 11.6 Å². The fourth-order valence-corrected chi connectivity index (χ4v) is 2.72. The summed E-state index contributed by atoms with van der Waals surface area (Å²) in [5.74, 6) is 1.81. The predicted molar refractivity (Wildman–Crippen MR) is 82.8 cm³/mol. The molecular weight excluding hydrogens is 272 g/mol. The molecule has 20 heavy (non-hydrogen) atoms. The highest BCUT2D eigenvalue weighted by molar-refractivity contribution is 6.30. The Balaban J connectivity index is 2.17. The fraction of sp³-hybridized carbons (Fsp3) is 0.375. The van der Waals surface area contributed by atoms with Crippen molar-refractivity contribution in [3.8, 4) is 0 Å². The van der Waals surface area contributed by atoms with E-state index in [1.165, 1.54) is 0 Å². The Morgan fingerprint density at radius 3 is 2.60 bits per heavy atom. The van der Waals surface area contributed by atoms with Gasteiger partial charge in [-0.3, -0.25) is 4.90 Å². The van der Waals surface area contributed by atoms with Gasteiger partial charge < -0.3 is 10.2 Å². The van der Waals surface area contributed by atoms with Gasteiger partial charge >= 0.3 is 0 Å². The molecule has 2 rings (SSSR count). The van der Waals surface area contributed by atoms with Crippen LogP contribution in [0.3, 0.4) is 0 Å². The van der Waals surface area contributed by atoms with Crippen LogP contribution in [-0.4, -0.2) is 18.0 Å². The molecule has 108 valence electrons. The van der Waals surface area contributed by atoms with Crippen molar-refractivity contribution in [2.45, 2.75) is 32.5 Å². The third-order valence-electron chi connectivity index (χ3n) is 3.35. The molecule has 0 saturated heterocycles. The van der Waals surface area contributed by atoms with Gasteiger partial charge in [-0.05, 0) is 50.7 Å². The summed E-state index contributed by atoms with van der Waals surface area (Å²) in [6.07, 6.45) is 0. The van der Waals surface area contributed by atoms with Gasteiger partial charge in [0, 0.05) is 17.6 Å². The average Bonchev–Trinajstić information content (AvgIpc) is 2.75. The van der Waals surface area contributed by atoms with E-state index in [1.54, 1.807) is 0 Å². The molecule has 0 aliphatic rings. The van der Waals surface area contributed by atoms with Gasteiger partial charge in [0.05, 0.1) is 6.04 Å².